The second-order valence-electron chi connectivity index (χ2n) is 3.69. The van der Waals surface area contributed by atoms with Crippen LogP contribution >= 0.6 is 43.5 Å². The van der Waals surface area contributed by atoms with Gasteiger partial charge in [-0.15, -0.1) is 0 Å². The van der Waals surface area contributed by atoms with Gasteiger partial charge < -0.3 is 4.74 Å². The first-order chi connectivity index (χ1) is 8.49. The maximum Gasteiger partial charge on any atom is 0.167 e. The van der Waals surface area contributed by atoms with E-state index in [4.69, 9.17) is 16.3 Å². The Morgan fingerprint density at radius 2 is 2.11 bits per heavy atom. The number of aromatic nitrogens is 1. The van der Waals surface area contributed by atoms with Crippen molar-refractivity contribution in [3.05, 3.63) is 32.3 Å². The summed E-state index contributed by atoms with van der Waals surface area (Å²) in [6, 6.07) is 5.41. The van der Waals surface area contributed by atoms with Gasteiger partial charge in [0.1, 0.15) is 17.3 Å². The highest BCUT2D eigenvalue weighted by molar-refractivity contribution is 9.11. The van der Waals surface area contributed by atoms with Gasteiger partial charge in [-0.25, -0.2) is 4.98 Å². The SMILES string of the molecule is CC(=O)COc1c(Br)cc(Br)c2ccc(Cl)nc12. The van der Waals surface area contributed by atoms with Crippen molar-refractivity contribution in [1.82, 2.24) is 4.98 Å². The number of ketones is 1. The minimum Gasteiger partial charge on any atom is -0.482 e. The van der Waals surface area contributed by atoms with Gasteiger partial charge in [0.25, 0.3) is 0 Å². The Balaban J connectivity index is 2.62. The average Bonchev–Trinajstić information content (AvgIpc) is 2.27. The molecule has 1 aromatic carbocycles. The quantitative estimate of drug-likeness (QED) is 0.727. The summed E-state index contributed by atoms with van der Waals surface area (Å²) in [5.74, 6) is 0.464. The van der Waals surface area contributed by atoms with E-state index >= 15 is 0 Å². The molecule has 0 bridgehead atoms. The number of hydrogen-bond donors (Lipinski definition) is 0. The highest BCUT2D eigenvalue weighted by atomic mass is 79.9. The van der Waals surface area contributed by atoms with Gasteiger partial charge in [0.05, 0.1) is 4.47 Å². The molecule has 0 aliphatic heterocycles. The molecule has 0 atom stereocenters. The summed E-state index contributed by atoms with van der Waals surface area (Å²) < 4.78 is 7.08. The lowest BCUT2D eigenvalue weighted by Crippen LogP contribution is -2.07. The number of Topliss-reactive ketones (excluding diaryl/α,β-unsaturated/α-hetero) is 1. The van der Waals surface area contributed by atoms with E-state index in [-0.39, 0.29) is 12.4 Å². The summed E-state index contributed by atoms with van der Waals surface area (Å²) >= 11 is 12.7. The van der Waals surface area contributed by atoms with E-state index in [0.717, 1.165) is 14.3 Å². The molecule has 0 fully saturated rings. The summed E-state index contributed by atoms with van der Waals surface area (Å²) in [7, 11) is 0. The van der Waals surface area contributed by atoms with Crippen molar-refractivity contribution in [3.8, 4) is 5.75 Å². The largest absolute Gasteiger partial charge is 0.482 e. The number of nitrogens with zero attached hydrogens (tertiary/aromatic N) is 1. The van der Waals surface area contributed by atoms with Gasteiger partial charge in [-0.1, -0.05) is 27.5 Å². The van der Waals surface area contributed by atoms with Gasteiger partial charge in [-0.05, 0) is 41.1 Å². The molecule has 0 unspecified atom stereocenters. The van der Waals surface area contributed by atoms with Crippen molar-refractivity contribution < 1.29 is 9.53 Å². The Labute approximate surface area is 126 Å². The van der Waals surface area contributed by atoms with Crippen LogP contribution in [0.2, 0.25) is 5.15 Å². The van der Waals surface area contributed by atoms with E-state index in [2.05, 4.69) is 36.8 Å². The van der Waals surface area contributed by atoms with E-state index in [0.29, 0.717) is 16.4 Å². The zero-order chi connectivity index (χ0) is 13.3. The van der Waals surface area contributed by atoms with E-state index < -0.39 is 0 Å². The molecule has 2 aromatic rings. The van der Waals surface area contributed by atoms with Crippen molar-refractivity contribution in [2.24, 2.45) is 0 Å². The third-order valence-electron chi connectivity index (χ3n) is 2.22. The smallest absolute Gasteiger partial charge is 0.167 e. The number of ether oxygens (including phenoxy) is 1. The van der Waals surface area contributed by atoms with E-state index in [1.807, 2.05) is 12.1 Å². The molecule has 6 heteroatoms. The predicted octanol–water partition coefficient (Wildman–Crippen LogP) is 4.38. The van der Waals surface area contributed by atoms with Crippen molar-refractivity contribution in [3.63, 3.8) is 0 Å². The van der Waals surface area contributed by atoms with Crippen molar-refractivity contribution in [1.29, 1.82) is 0 Å². The molecule has 0 spiro atoms. The van der Waals surface area contributed by atoms with E-state index in [1.165, 1.54) is 6.92 Å². The monoisotopic (exact) mass is 391 g/mol. The average molecular weight is 393 g/mol. The second-order valence-corrected chi connectivity index (χ2v) is 5.79. The lowest BCUT2D eigenvalue weighted by molar-refractivity contribution is -0.118. The van der Waals surface area contributed by atoms with Gasteiger partial charge in [-0.2, -0.15) is 0 Å². The maximum atomic E-state index is 11.0. The molecular weight excluding hydrogens is 385 g/mol. The summed E-state index contributed by atoms with van der Waals surface area (Å²) in [4.78, 5) is 15.2. The Hall–Kier alpha value is -0.650. The zero-order valence-electron chi connectivity index (χ0n) is 9.34. The van der Waals surface area contributed by atoms with Crippen LogP contribution in [0.5, 0.6) is 5.75 Å². The van der Waals surface area contributed by atoms with E-state index in [9.17, 15) is 4.79 Å². The third kappa shape index (κ3) is 2.84. The lowest BCUT2D eigenvalue weighted by Gasteiger charge is -2.11. The Morgan fingerprint density at radius 1 is 1.39 bits per heavy atom. The molecule has 0 radical (unpaired) electrons. The molecule has 0 aliphatic carbocycles. The minimum atomic E-state index is -0.0556. The van der Waals surface area contributed by atoms with Crippen molar-refractivity contribution in [2.75, 3.05) is 6.61 Å². The molecule has 0 N–H and O–H groups in total. The number of halogens is 3. The van der Waals surface area contributed by atoms with E-state index in [1.54, 1.807) is 6.07 Å². The molecule has 18 heavy (non-hydrogen) atoms. The van der Waals surface area contributed by atoms with Crippen molar-refractivity contribution in [2.45, 2.75) is 6.92 Å². The highest BCUT2D eigenvalue weighted by Crippen LogP contribution is 2.38. The molecule has 0 aliphatic rings. The van der Waals surface area contributed by atoms with Gasteiger partial charge in [0.2, 0.25) is 0 Å². The fraction of sp³-hybridized carbons (Fsp3) is 0.167. The molecule has 0 saturated heterocycles. The number of carbonyl (C=O) groups excluding carboxylic acids is 1. The van der Waals surface area contributed by atoms with Gasteiger partial charge in [0.15, 0.2) is 11.5 Å². The van der Waals surface area contributed by atoms with Crippen LogP contribution in [-0.4, -0.2) is 17.4 Å². The minimum absolute atomic E-state index is 0.00350. The van der Waals surface area contributed by atoms with Gasteiger partial charge >= 0.3 is 0 Å². The number of hydrogen-bond acceptors (Lipinski definition) is 3. The van der Waals surface area contributed by atoms with Crippen LogP contribution in [0.4, 0.5) is 0 Å². The van der Waals surface area contributed by atoms with Gasteiger partial charge in [0, 0.05) is 9.86 Å². The van der Waals surface area contributed by atoms with Crippen LogP contribution in [0.15, 0.2) is 27.1 Å². The molecule has 1 aromatic heterocycles. The van der Waals surface area contributed by atoms with Crippen LogP contribution in [-0.2, 0) is 4.79 Å². The Kier molecular flexibility index (Phi) is 4.25. The second kappa shape index (κ2) is 5.55. The fourth-order valence-corrected chi connectivity index (χ4v) is 3.01. The standard InChI is InChI=1S/C12H8Br2ClNO2/c1-6(17)5-18-12-9(14)4-8(13)7-2-3-10(15)16-11(7)12/h2-4H,5H2,1H3. The summed E-state index contributed by atoms with van der Waals surface area (Å²) in [6.45, 7) is 1.47. The Bertz CT molecular complexity index is 631. The fourth-order valence-electron chi connectivity index (χ4n) is 1.48. The number of fused-ring (bicyclic) bond motifs is 1. The number of rotatable bonds is 3. The molecule has 2 rings (SSSR count). The summed E-state index contributed by atoms with van der Waals surface area (Å²) in [5.41, 5.74) is 0.616. The van der Waals surface area contributed by atoms with Crippen LogP contribution < -0.4 is 4.74 Å². The molecule has 1 heterocycles. The first-order valence-electron chi connectivity index (χ1n) is 5.05. The first kappa shape index (κ1) is 13.8. The highest BCUT2D eigenvalue weighted by Gasteiger charge is 2.13. The summed E-state index contributed by atoms with van der Waals surface area (Å²) in [5, 5.41) is 1.25. The lowest BCUT2D eigenvalue weighted by atomic mass is 10.2. The molecule has 3 nitrogen and oxygen atoms in total. The Morgan fingerprint density at radius 3 is 2.78 bits per heavy atom. The number of carbonyl (C=O) groups is 1. The molecule has 0 amide bonds. The van der Waals surface area contributed by atoms with Crippen LogP contribution in [0, 0.1) is 0 Å². The first-order valence-corrected chi connectivity index (χ1v) is 7.02. The number of pyridine rings is 1. The third-order valence-corrected chi connectivity index (χ3v) is 3.68. The van der Waals surface area contributed by atoms with Gasteiger partial charge in [-0.3, -0.25) is 4.79 Å². The zero-order valence-corrected chi connectivity index (χ0v) is 13.3. The molecule has 94 valence electrons. The number of benzene rings is 1. The van der Waals surface area contributed by atoms with Crippen LogP contribution in [0.25, 0.3) is 10.9 Å². The van der Waals surface area contributed by atoms with Crippen LogP contribution in [0.1, 0.15) is 6.92 Å². The molecule has 0 saturated carbocycles. The maximum absolute atomic E-state index is 11.0. The topological polar surface area (TPSA) is 39.2 Å². The molecular formula is C12H8Br2ClNO2. The van der Waals surface area contributed by atoms with Crippen molar-refractivity contribution >= 4 is 60.1 Å². The van der Waals surface area contributed by atoms with Crippen LogP contribution in [0.3, 0.4) is 0 Å². The normalized spacial score (nSPS) is 10.7. The summed E-state index contributed by atoms with van der Waals surface area (Å²) in [6.07, 6.45) is 0. The predicted molar refractivity (Wildman–Crippen MR) is 78.3 cm³/mol.